The first-order valence-corrected chi connectivity index (χ1v) is 5.63. The van der Waals surface area contributed by atoms with E-state index >= 15 is 0 Å². The van der Waals surface area contributed by atoms with Crippen LogP contribution >= 0.6 is 11.6 Å². The summed E-state index contributed by atoms with van der Waals surface area (Å²) in [6, 6.07) is 5.68. The topological polar surface area (TPSA) is 97.7 Å². The zero-order valence-electron chi connectivity index (χ0n) is 10.2. The van der Waals surface area contributed by atoms with Crippen molar-refractivity contribution in [2.24, 2.45) is 10.9 Å². The van der Waals surface area contributed by atoms with E-state index in [1.807, 2.05) is 0 Å². The molecular formula is C12H12ClN3O3. The molecule has 0 spiro atoms. The summed E-state index contributed by atoms with van der Waals surface area (Å²) in [5.74, 6) is -0.581. The van der Waals surface area contributed by atoms with E-state index in [0.29, 0.717) is 16.1 Å². The van der Waals surface area contributed by atoms with Crippen molar-refractivity contribution in [3.05, 3.63) is 34.3 Å². The van der Waals surface area contributed by atoms with E-state index < -0.39 is 12.0 Å². The van der Waals surface area contributed by atoms with Crippen LogP contribution in [0.5, 0.6) is 0 Å². The first-order valence-electron chi connectivity index (χ1n) is 5.25. The fourth-order valence-electron chi connectivity index (χ4n) is 1.35. The standard InChI is InChI=1S/C12H12ClN3O3/c1-18-12(17)11(15)9-6-8(2-3-10(9)13)7-19-16-5-4-14/h2-3,5-6,11H,7,15H2,1H3/b16-5+. The molecule has 6 nitrogen and oxygen atoms in total. The Balaban J connectivity index is 2.85. The van der Waals surface area contributed by atoms with E-state index in [1.54, 1.807) is 24.3 Å². The third kappa shape index (κ3) is 4.25. The van der Waals surface area contributed by atoms with Gasteiger partial charge in [-0.05, 0) is 23.3 Å². The van der Waals surface area contributed by atoms with E-state index in [4.69, 9.17) is 27.4 Å². The van der Waals surface area contributed by atoms with Crippen molar-refractivity contribution < 1.29 is 14.4 Å². The Kier molecular flexibility index (Phi) is 5.79. The van der Waals surface area contributed by atoms with E-state index in [2.05, 4.69) is 9.89 Å². The molecule has 1 unspecified atom stereocenters. The molecule has 1 aromatic rings. The average Bonchev–Trinajstić information content (AvgIpc) is 2.43. The van der Waals surface area contributed by atoms with Crippen molar-refractivity contribution in [1.29, 1.82) is 5.26 Å². The van der Waals surface area contributed by atoms with Crippen LogP contribution in [0.3, 0.4) is 0 Å². The Hall–Kier alpha value is -2.10. The second-order valence-electron chi connectivity index (χ2n) is 3.49. The Labute approximate surface area is 115 Å². The number of halogens is 1. The zero-order chi connectivity index (χ0) is 14.3. The number of benzene rings is 1. The summed E-state index contributed by atoms with van der Waals surface area (Å²) in [6.07, 6.45) is 0.969. The summed E-state index contributed by atoms with van der Waals surface area (Å²) in [4.78, 5) is 16.2. The Morgan fingerprint density at radius 1 is 1.68 bits per heavy atom. The van der Waals surface area contributed by atoms with Gasteiger partial charge < -0.3 is 15.3 Å². The lowest BCUT2D eigenvalue weighted by Crippen LogP contribution is -2.23. The molecule has 1 rings (SSSR count). The van der Waals surface area contributed by atoms with Crippen LogP contribution in [-0.2, 0) is 21.0 Å². The normalized spacial score (nSPS) is 11.9. The second-order valence-corrected chi connectivity index (χ2v) is 3.90. The minimum atomic E-state index is -0.958. The van der Waals surface area contributed by atoms with Gasteiger partial charge >= 0.3 is 5.97 Å². The van der Waals surface area contributed by atoms with Crippen LogP contribution in [0.1, 0.15) is 17.2 Å². The maximum atomic E-state index is 11.4. The molecule has 0 aromatic heterocycles. The number of nitrogens with two attached hydrogens (primary N) is 1. The predicted octanol–water partition coefficient (Wildman–Crippen LogP) is 1.54. The van der Waals surface area contributed by atoms with Crippen molar-refractivity contribution in [3.8, 4) is 6.07 Å². The van der Waals surface area contributed by atoms with E-state index in [9.17, 15) is 4.79 Å². The molecule has 19 heavy (non-hydrogen) atoms. The van der Waals surface area contributed by atoms with Gasteiger partial charge in [0.2, 0.25) is 0 Å². The number of hydrogen-bond donors (Lipinski definition) is 1. The smallest absolute Gasteiger partial charge is 0.327 e. The number of rotatable bonds is 5. The predicted molar refractivity (Wildman–Crippen MR) is 69.3 cm³/mol. The van der Waals surface area contributed by atoms with E-state index in [-0.39, 0.29) is 6.61 Å². The fourth-order valence-corrected chi connectivity index (χ4v) is 1.58. The fraction of sp³-hybridized carbons (Fsp3) is 0.250. The minimum absolute atomic E-state index is 0.135. The van der Waals surface area contributed by atoms with Gasteiger partial charge in [-0.1, -0.05) is 22.8 Å². The highest BCUT2D eigenvalue weighted by atomic mass is 35.5. The molecule has 0 aliphatic rings. The van der Waals surface area contributed by atoms with Crippen molar-refractivity contribution in [2.45, 2.75) is 12.6 Å². The van der Waals surface area contributed by atoms with Crippen LogP contribution in [-0.4, -0.2) is 19.3 Å². The van der Waals surface area contributed by atoms with Crippen LogP contribution in [0.25, 0.3) is 0 Å². The minimum Gasteiger partial charge on any atom is -0.468 e. The summed E-state index contributed by atoms with van der Waals surface area (Å²) in [7, 11) is 1.25. The molecule has 0 saturated heterocycles. The summed E-state index contributed by atoms with van der Waals surface area (Å²) < 4.78 is 4.56. The molecule has 0 heterocycles. The van der Waals surface area contributed by atoms with E-state index in [1.165, 1.54) is 7.11 Å². The molecule has 100 valence electrons. The number of oxime groups is 1. The van der Waals surface area contributed by atoms with Gasteiger partial charge in [0.05, 0.1) is 7.11 Å². The van der Waals surface area contributed by atoms with Gasteiger partial charge in [-0.2, -0.15) is 5.26 Å². The molecular weight excluding hydrogens is 270 g/mol. The van der Waals surface area contributed by atoms with Gasteiger partial charge in [0, 0.05) is 5.02 Å². The summed E-state index contributed by atoms with van der Waals surface area (Å²) >= 11 is 5.97. The van der Waals surface area contributed by atoms with Crippen LogP contribution in [0, 0.1) is 11.3 Å². The first-order chi connectivity index (χ1) is 9.10. The molecule has 2 N–H and O–H groups in total. The maximum absolute atomic E-state index is 11.4. The molecule has 0 radical (unpaired) electrons. The first kappa shape index (κ1) is 15.0. The molecule has 7 heteroatoms. The third-order valence-corrected chi connectivity index (χ3v) is 2.61. The zero-order valence-corrected chi connectivity index (χ0v) is 10.9. The summed E-state index contributed by atoms with van der Waals surface area (Å²) in [5, 5.41) is 12.0. The molecule has 0 aliphatic heterocycles. The quantitative estimate of drug-likeness (QED) is 0.501. The Morgan fingerprint density at radius 3 is 3.05 bits per heavy atom. The summed E-state index contributed by atoms with van der Waals surface area (Å²) in [5.41, 5.74) is 6.88. The molecule has 0 fully saturated rings. The molecule has 1 atom stereocenters. The van der Waals surface area contributed by atoms with Crippen molar-refractivity contribution >= 4 is 23.8 Å². The highest BCUT2D eigenvalue weighted by Crippen LogP contribution is 2.24. The molecule has 0 bridgehead atoms. The number of methoxy groups -OCH3 is 1. The number of carbonyl (C=O) groups is 1. The summed E-state index contributed by atoms with van der Waals surface area (Å²) in [6.45, 7) is 0.135. The van der Waals surface area contributed by atoms with E-state index in [0.717, 1.165) is 6.21 Å². The number of esters is 1. The Morgan fingerprint density at radius 2 is 2.42 bits per heavy atom. The van der Waals surface area contributed by atoms with Gasteiger partial charge in [-0.25, -0.2) is 0 Å². The van der Waals surface area contributed by atoms with Crippen LogP contribution in [0.4, 0.5) is 0 Å². The molecule has 1 aromatic carbocycles. The number of carbonyl (C=O) groups excluding carboxylic acids is 1. The lowest BCUT2D eigenvalue weighted by Gasteiger charge is -2.12. The lowest BCUT2D eigenvalue weighted by molar-refractivity contribution is -0.142. The lowest BCUT2D eigenvalue weighted by atomic mass is 10.0. The van der Waals surface area contributed by atoms with Crippen LogP contribution < -0.4 is 5.73 Å². The molecule has 0 amide bonds. The average molecular weight is 282 g/mol. The highest BCUT2D eigenvalue weighted by molar-refractivity contribution is 6.31. The van der Waals surface area contributed by atoms with Crippen molar-refractivity contribution in [2.75, 3.05) is 7.11 Å². The van der Waals surface area contributed by atoms with Crippen molar-refractivity contribution in [3.63, 3.8) is 0 Å². The van der Waals surface area contributed by atoms with Gasteiger partial charge in [0.15, 0.2) is 0 Å². The number of ether oxygens (including phenoxy) is 1. The van der Waals surface area contributed by atoms with Crippen molar-refractivity contribution in [1.82, 2.24) is 0 Å². The van der Waals surface area contributed by atoms with Crippen LogP contribution in [0.15, 0.2) is 23.4 Å². The maximum Gasteiger partial charge on any atom is 0.327 e. The number of nitrogens with zero attached hydrogens (tertiary/aromatic N) is 2. The molecule has 0 saturated carbocycles. The van der Waals surface area contributed by atoms with Crippen LogP contribution in [0.2, 0.25) is 5.02 Å². The van der Waals surface area contributed by atoms with Gasteiger partial charge in [-0.3, -0.25) is 4.79 Å². The SMILES string of the molecule is COC(=O)C(N)c1cc(CO/N=C/C#N)ccc1Cl. The third-order valence-electron chi connectivity index (χ3n) is 2.27. The van der Waals surface area contributed by atoms with Gasteiger partial charge in [0.25, 0.3) is 0 Å². The highest BCUT2D eigenvalue weighted by Gasteiger charge is 2.19. The number of hydrogen-bond acceptors (Lipinski definition) is 6. The van der Waals surface area contributed by atoms with Gasteiger partial charge in [0.1, 0.15) is 24.9 Å². The molecule has 0 aliphatic carbocycles. The second kappa shape index (κ2) is 7.36. The number of nitriles is 1. The largest absolute Gasteiger partial charge is 0.468 e. The van der Waals surface area contributed by atoms with Gasteiger partial charge in [-0.15, -0.1) is 0 Å². The Bertz CT molecular complexity index is 525. The monoisotopic (exact) mass is 281 g/mol.